The standard InChI is InChI=1S/C10H8N2O.C10H7NO3/c13-12-7-3-10(4-8-12)9-1-5-11-6-2-9;11-6-8(10(13)14)5-7-1-3-9(12)4-2-7/h1-8H;1-5,12H,(H,13,14)/b;8-5+. The number of carbonyl (C=O) groups is 1. The predicted octanol–water partition coefficient (Wildman–Crippen LogP) is 2.77. The Bertz CT molecular complexity index is 961. The van der Waals surface area contributed by atoms with Gasteiger partial charge in [-0.15, -0.1) is 0 Å². The Morgan fingerprint density at radius 2 is 1.59 bits per heavy atom. The van der Waals surface area contributed by atoms with Crippen LogP contribution >= 0.6 is 0 Å². The Hall–Kier alpha value is -4.18. The summed E-state index contributed by atoms with van der Waals surface area (Å²) < 4.78 is 0.769. The van der Waals surface area contributed by atoms with Gasteiger partial charge in [-0.2, -0.15) is 9.99 Å². The molecule has 0 saturated carbocycles. The summed E-state index contributed by atoms with van der Waals surface area (Å²) >= 11 is 0. The summed E-state index contributed by atoms with van der Waals surface area (Å²) in [5.74, 6) is -1.17. The second kappa shape index (κ2) is 9.34. The highest BCUT2D eigenvalue weighted by molar-refractivity contribution is 5.96. The van der Waals surface area contributed by atoms with Gasteiger partial charge in [0.25, 0.3) is 0 Å². The molecule has 0 saturated heterocycles. The van der Waals surface area contributed by atoms with Crippen LogP contribution in [0, 0.1) is 16.5 Å². The van der Waals surface area contributed by atoms with Crippen molar-refractivity contribution in [3.05, 3.63) is 89.7 Å². The number of carboxylic acid groups (broad SMARTS) is 1. The molecule has 0 spiro atoms. The fourth-order valence-electron chi connectivity index (χ4n) is 2.03. The molecule has 0 aliphatic heterocycles. The van der Waals surface area contributed by atoms with Gasteiger partial charge in [0.1, 0.15) is 17.4 Å². The largest absolute Gasteiger partial charge is 0.619 e. The number of benzene rings is 1. The molecule has 7 nitrogen and oxygen atoms in total. The predicted molar refractivity (Wildman–Crippen MR) is 98.0 cm³/mol. The molecular formula is C20H15N3O4. The summed E-state index contributed by atoms with van der Waals surface area (Å²) in [5, 5.41) is 36.7. The summed E-state index contributed by atoms with van der Waals surface area (Å²) in [6.07, 6.45) is 7.66. The highest BCUT2D eigenvalue weighted by atomic mass is 16.5. The van der Waals surface area contributed by atoms with E-state index in [0.29, 0.717) is 5.56 Å². The number of phenolic OH excluding ortho intramolecular Hbond substituents is 1. The number of nitrogens with zero attached hydrogens (tertiary/aromatic N) is 3. The molecule has 134 valence electrons. The molecule has 0 bridgehead atoms. The van der Waals surface area contributed by atoms with Crippen molar-refractivity contribution in [1.82, 2.24) is 4.98 Å². The van der Waals surface area contributed by atoms with Crippen molar-refractivity contribution in [2.24, 2.45) is 0 Å². The Morgan fingerprint density at radius 1 is 1.04 bits per heavy atom. The second-order valence-electron chi connectivity index (χ2n) is 5.25. The van der Waals surface area contributed by atoms with Gasteiger partial charge in [0, 0.05) is 24.5 Å². The van der Waals surface area contributed by atoms with Crippen LogP contribution in [-0.4, -0.2) is 21.2 Å². The molecule has 3 rings (SSSR count). The maximum atomic E-state index is 10.8. The van der Waals surface area contributed by atoms with Crippen LogP contribution in [0.3, 0.4) is 0 Å². The van der Waals surface area contributed by atoms with Crippen LogP contribution in [0.2, 0.25) is 0 Å². The van der Waals surface area contributed by atoms with E-state index in [1.807, 2.05) is 12.1 Å². The normalized spacial score (nSPS) is 10.3. The van der Waals surface area contributed by atoms with Crippen LogP contribution < -0.4 is 4.73 Å². The number of hydrogen-bond donors (Lipinski definition) is 2. The van der Waals surface area contributed by atoms with Gasteiger partial charge >= 0.3 is 5.97 Å². The smallest absolute Gasteiger partial charge is 0.346 e. The van der Waals surface area contributed by atoms with Crippen LogP contribution in [0.25, 0.3) is 17.2 Å². The molecule has 2 N–H and O–H groups in total. The number of aliphatic carboxylic acids is 1. The number of hydrogen-bond acceptors (Lipinski definition) is 5. The summed E-state index contributed by atoms with van der Waals surface area (Å²) in [6.45, 7) is 0. The lowest BCUT2D eigenvalue weighted by Gasteiger charge is -1.99. The molecule has 0 fully saturated rings. The molecule has 2 aromatic heterocycles. The monoisotopic (exact) mass is 361 g/mol. The summed E-state index contributed by atoms with van der Waals surface area (Å²) in [7, 11) is 0. The van der Waals surface area contributed by atoms with Crippen molar-refractivity contribution in [1.29, 1.82) is 5.26 Å². The number of pyridine rings is 2. The van der Waals surface area contributed by atoms with Gasteiger partial charge in [-0.05, 0) is 47.0 Å². The van der Waals surface area contributed by atoms with E-state index >= 15 is 0 Å². The lowest BCUT2D eigenvalue weighted by Crippen LogP contribution is -2.23. The number of phenols is 1. The number of rotatable bonds is 3. The molecule has 27 heavy (non-hydrogen) atoms. The molecule has 3 aromatic rings. The second-order valence-corrected chi connectivity index (χ2v) is 5.25. The number of aromatic hydroxyl groups is 1. The van der Waals surface area contributed by atoms with E-state index < -0.39 is 5.97 Å². The maximum Gasteiger partial charge on any atom is 0.346 e. The van der Waals surface area contributed by atoms with Gasteiger partial charge < -0.3 is 15.4 Å². The van der Waals surface area contributed by atoms with Crippen LogP contribution in [0.4, 0.5) is 0 Å². The zero-order chi connectivity index (χ0) is 19.6. The van der Waals surface area contributed by atoms with Crippen molar-refractivity contribution in [3.63, 3.8) is 0 Å². The molecule has 2 heterocycles. The zero-order valence-electron chi connectivity index (χ0n) is 14.1. The highest BCUT2D eigenvalue weighted by Gasteiger charge is 2.05. The highest BCUT2D eigenvalue weighted by Crippen LogP contribution is 2.15. The quantitative estimate of drug-likeness (QED) is 0.320. The van der Waals surface area contributed by atoms with Gasteiger partial charge in [0.05, 0.1) is 0 Å². The van der Waals surface area contributed by atoms with Gasteiger partial charge in [-0.25, -0.2) is 4.79 Å². The molecule has 7 heteroatoms. The first-order valence-corrected chi connectivity index (χ1v) is 7.73. The molecule has 0 atom stereocenters. The molecule has 0 radical (unpaired) electrons. The van der Waals surface area contributed by atoms with E-state index in [2.05, 4.69) is 4.98 Å². The number of nitriles is 1. The molecule has 1 aromatic carbocycles. The minimum atomic E-state index is -1.26. The fourth-order valence-corrected chi connectivity index (χ4v) is 2.03. The van der Waals surface area contributed by atoms with Crippen molar-refractivity contribution in [3.8, 4) is 22.9 Å². The van der Waals surface area contributed by atoms with Crippen molar-refractivity contribution >= 4 is 12.0 Å². The molecule has 0 aliphatic rings. The minimum Gasteiger partial charge on any atom is -0.619 e. The summed E-state index contributed by atoms with van der Waals surface area (Å²) in [6, 6.07) is 14.8. The third-order valence-electron chi connectivity index (χ3n) is 3.37. The molecule has 0 amide bonds. The zero-order valence-corrected chi connectivity index (χ0v) is 14.1. The van der Waals surface area contributed by atoms with E-state index in [4.69, 9.17) is 15.5 Å². The van der Waals surface area contributed by atoms with E-state index in [0.717, 1.165) is 15.9 Å². The Morgan fingerprint density at radius 3 is 2.11 bits per heavy atom. The van der Waals surface area contributed by atoms with Gasteiger partial charge in [0.15, 0.2) is 12.4 Å². The van der Waals surface area contributed by atoms with E-state index in [1.165, 1.54) is 42.7 Å². The van der Waals surface area contributed by atoms with E-state index in [1.54, 1.807) is 30.6 Å². The molecule has 0 aliphatic carbocycles. The minimum absolute atomic E-state index is 0.0935. The van der Waals surface area contributed by atoms with Crippen molar-refractivity contribution in [2.75, 3.05) is 0 Å². The van der Waals surface area contributed by atoms with Crippen LogP contribution in [0.1, 0.15) is 5.56 Å². The molecular weight excluding hydrogens is 346 g/mol. The van der Waals surface area contributed by atoms with Gasteiger partial charge in [0.2, 0.25) is 0 Å². The Labute approximate surface area is 155 Å². The van der Waals surface area contributed by atoms with Crippen LogP contribution in [0.5, 0.6) is 5.75 Å². The van der Waals surface area contributed by atoms with E-state index in [9.17, 15) is 10.0 Å². The van der Waals surface area contributed by atoms with Gasteiger partial charge in [-0.3, -0.25) is 4.98 Å². The Balaban J connectivity index is 0.000000194. The molecule has 0 unspecified atom stereocenters. The van der Waals surface area contributed by atoms with Crippen LogP contribution in [-0.2, 0) is 4.79 Å². The average Bonchev–Trinajstić information content (AvgIpc) is 2.69. The van der Waals surface area contributed by atoms with Crippen molar-refractivity contribution < 1.29 is 19.7 Å². The Kier molecular flexibility index (Phi) is 6.63. The number of aromatic nitrogens is 2. The van der Waals surface area contributed by atoms with Crippen LogP contribution in [0.15, 0.2) is 78.9 Å². The third-order valence-corrected chi connectivity index (χ3v) is 3.37. The third kappa shape index (κ3) is 5.99. The first-order chi connectivity index (χ1) is 13.0. The lowest BCUT2D eigenvalue weighted by molar-refractivity contribution is -0.605. The van der Waals surface area contributed by atoms with Crippen molar-refractivity contribution in [2.45, 2.75) is 0 Å². The topological polar surface area (TPSA) is 121 Å². The first kappa shape index (κ1) is 19.1. The summed E-state index contributed by atoms with van der Waals surface area (Å²) in [4.78, 5) is 14.4. The lowest BCUT2D eigenvalue weighted by atomic mass is 10.1. The summed E-state index contributed by atoms with van der Waals surface area (Å²) in [5.41, 5.74) is 2.31. The fraction of sp³-hybridized carbons (Fsp3) is 0. The number of carboxylic acids is 1. The maximum absolute atomic E-state index is 10.8. The van der Waals surface area contributed by atoms with Gasteiger partial charge in [-0.1, -0.05) is 12.1 Å². The average molecular weight is 361 g/mol. The first-order valence-electron chi connectivity index (χ1n) is 7.73. The SMILES string of the molecule is N#C/C(=C\c1ccc(O)cc1)C(=O)O.[O-][n+]1ccc(-c2ccncc2)cc1. The van der Waals surface area contributed by atoms with E-state index in [-0.39, 0.29) is 11.3 Å².